The summed E-state index contributed by atoms with van der Waals surface area (Å²) in [6.07, 6.45) is 0. The molecule has 8 aromatic rings. The van der Waals surface area contributed by atoms with E-state index in [0.29, 0.717) is 0 Å². The maximum atomic E-state index is 5.28. The van der Waals surface area contributed by atoms with Crippen molar-refractivity contribution in [3.63, 3.8) is 0 Å². The van der Waals surface area contributed by atoms with Crippen molar-refractivity contribution in [2.24, 2.45) is 41.6 Å². The number of rotatable bonds is 11. The van der Waals surface area contributed by atoms with E-state index < -0.39 is 0 Å². The molecule has 0 N–H and O–H groups in total. The Labute approximate surface area is 414 Å². The molecule has 6 heteroatoms. The van der Waals surface area contributed by atoms with Crippen LogP contribution in [0.1, 0.15) is 66.5 Å². The van der Waals surface area contributed by atoms with E-state index in [1.54, 1.807) is 0 Å². The highest BCUT2D eigenvalue weighted by molar-refractivity contribution is 6.20. The molecule has 0 fully saturated rings. The van der Waals surface area contributed by atoms with Crippen LogP contribution in [0, 0.1) is 21.7 Å². The molecular formula is C64H60N6. The Morgan fingerprint density at radius 3 is 0.786 bits per heavy atom. The summed E-state index contributed by atoms with van der Waals surface area (Å²) in [4.78, 5) is 25.5. The van der Waals surface area contributed by atoms with Crippen LogP contribution in [0.25, 0.3) is 11.1 Å². The summed E-state index contributed by atoms with van der Waals surface area (Å²) in [5, 5.41) is 0. The van der Waals surface area contributed by atoms with Gasteiger partial charge in [0.05, 0.1) is 22.8 Å². The molecular weight excluding hydrogens is 853 g/mol. The van der Waals surface area contributed by atoms with Gasteiger partial charge in [0.25, 0.3) is 0 Å². The van der Waals surface area contributed by atoms with Crippen LogP contribution in [0.15, 0.2) is 238 Å². The van der Waals surface area contributed by atoms with Crippen LogP contribution in [0.5, 0.6) is 0 Å². The van der Waals surface area contributed by atoms with Gasteiger partial charge in [-0.2, -0.15) is 0 Å². The molecule has 0 saturated heterocycles. The Balaban J connectivity index is 0.866. The molecule has 0 amide bonds. The highest BCUT2D eigenvalue weighted by Gasteiger charge is 2.51. The fourth-order valence-electron chi connectivity index (χ4n) is 9.54. The fourth-order valence-corrected chi connectivity index (χ4v) is 9.54. The predicted octanol–water partition coefficient (Wildman–Crippen LogP) is 17.5. The lowest BCUT2D eigenvalue weighted by Gasteiger charge is -2.35. The number of amidine groups is 2. The molecule has 70 heavy (non-hydrogen) atoms. The monoisotopic (exact) mass is 912 g/mol. The van der Waals surface area contributed by atoms with Crippen molar-refractivity contribution in [3.8, 4) is 11.1 Å². The second-order valence-corrected chi connectivity index (χ2v) is 20.5. The maximum absolute atomic E-state index is 5.28. The van der Waals surface area contributed by atoms with Gasteiger partial charge in [0.15, 0.2) is 0 Å². The van der Waals surface area contributed by atoms with Crippen LogP contribution in [0.3, 0.4) is 0 Å². The van der Waals surface area contributed by atoms with Crippen molar-refractivity contribution in [2.45, 2.75) is 55.4 Å². The molecule has 6 nitrogen and oxygen atoms in total. The molecule has 2 aliphatic rings. The van der Waals surface area contributed by atoms with Crippen molar-refractivity contribution in [1.82, 2.24) is 0 Å². The molecule has 346 valence electrons. The van der Waals surface area contributed by atoms with Gasteiger partial charge in [0, 0.05) is 55.8 Å². The summed E-state index contributed by atoms with van der Waals surface area (Å²) in [6.45, 7) is 18.2. The van der Waals surface area contributed by atoms with Gasteiger partial charge in [-0.1, -0.05) is 177 Å². The van der Waals surface area contributed by atoms with E-state index in [1.807, 2.05) is 0 Å². The Bertz CT molecular complexity index is 2940. The van der Waals surface area contributed by atoms with Crippen molar-refractivity contribution in [2.75, 3.05) is 9.80 Å². The zero-order valence-corrected chi connectivity index (χ0v) is 41.5. The normalized spacial score (nSPS) is 17.5. The Hall–Kier alpha value is -7.96. The SMILES string of the molecule is CC1(C)C(=Nc2ccc(-c3ccc(N=C4N=C(c5ccc(N(c6ccccc6)c6ccccc6)cc5)C(C)(C)C4(C)C)cc3)cc2)N=C(c2ccc(N(c3ccccc3)c3ccccc3)cc2)C1(C)C. The number of hydrogen-bond donors (Lipinski definition) is 0. The van der Waals surface area contributed by atoms with Gasteiger partial charge in [-0.25, -0.2) is 20.0 Å². The molecule has 0 bridgehead atoms. The molecule has 0 radical (unpaired) electrons. The first-order valence-electron chi connectivity index (χ1n) is 24.3. The summed E-state index contributed by atoms with van der Waals surface area (Å²) in [6, 6.07) is 76.5. The summed E-state index contributed by atoms with van der Waals surface area (Å²) < 4.78 is 0. The number of hydrogen-bond acceptors (Lipinski definition) is 4. The maximum Gasteiger partial charge on any atom is 0.135 e. The third-order valence-electron chi connectivity index (χ3n) is 15.3. The van der Waals surface area contributed by atoms with Crippen molar-refractivity contribution >= 4 is 68.6 Å². The molecule has 10 rings (SSSR count). The smallest absolute Gasteiger partial charge is 0.135 e. The van der Waals surface area contributed by atoms with Crippen LogP contribution >= 0.6 is 0 Å². The van der Waals surface area contributed by atoms with Crippen LogP contribution in [-0.2, 0) is 0 Å². The van der Waals surface area contributed by atoms with Gasteiger partial charge in [-0.05, 0) is 119 Å². The van der Waals surface area contributed by atoms with E-state index in [1.165, 1.54) is 0 Å². The van der Waals surface area contributed by atoms with Crippen LogP contribution < -0.4 is 9.80 Å². The number of aliphatic imine (C=N–C) groups is 4. The molecule has 0 unspecified atom stereocenters. The fraction of sp³-hybridized carbons (Fsp3) is 0.188. The molecule has 2 aliphatic heterocycles. The van der Waals surface area contributed by atoms with Gasteiger partial charge in [-0.15, -0.1) is 0 Å². The first-order valence-corrected chi connectivity index (χ1v) is 24.3. The molecule has 0 spiro atoms. The van der Waals surface area contributed by atoms with Gasteiger partial charge < -0.3 is 9.80 Å². The second-order valence-electron chi connectivity index (χ2n) is 20.5. The topological polar surface area (TPSA) is 55.9 Å². The molecule has 0 aliphatic carbocycles. The van der Waals surface area contributed by atoms with E-state index in [-0.39, 0.29) is 21.7 Å². The van der Waals surface area contributed by atoms with Crippen LogP contribution in [0.2, 0.25) is 0 Å². The van der Waals surface area contributed by atoms with Gasteiger partial charge >= 0.3 is 0 Å². The predicted molar refractivity (Wildman–Crippen MR) is 297 cm³/mol. The third-order valence-corrected chi connectivity index (χ3v) is 15.3. The minimum atomic E-state index is -0.303. The van der Waals surface area contributed by atoms with E-state index in [9.17, 15) is 0 Å². The van der Waals surface area contributed by atoms with Gasteiger partial charge in [0.1, 0.15) is 11.7 Å². The highest BCUT2D eigenvalue weighted by Crippen LogP contribution is 2.50. The molecule has 0 saturated carbocycles. The van der Waals surface area contributed by atoms with E-state index in [4.69, 9.17) is 20.0 Å². The van der Waals surface area contributed by atoms with Crippen molar-refractivity contribution in [3.05, 3.63) is 230 Å². The largest absolute Gasteiger partial charge is 0.311 e. The van der Waals surface area contributed by atoms with Crippen LogP contribution in [0.4, 0.5) is 45.5 Å². The molecule has 8 aromatic carbocycles. The number of anilines is 6. The first kappa shape index (κ1) is 45.8. The second kappa shape index (κ2) is 18.2. The van der Waals surface area contributed by atoms with Crippen molar-refractivity contribution < 1.29 is 0 Å². The Morgan fingerprint density at radius 2 is 0.514 bits per heavy atom. The standard InChI is InChI=1S/C64H60N6/c1-61(2)57(47-33-41-55(42-34-47)69(51-21-13-9-14-22-51)52-23-15-10-16-24-52)67-59(63(61,5)6)65-49-37-29-45(30-38-49)46-31-39-50(40-32-46)66-60-64(7,8)62(3,4)58(68-60)48-35-43-56(44-36-48)70(53-25-17-11-18-26-53)54-27-19-12-20-28-54/h9-44H,1-8H3. The minimum Gasteiger partial charge on any atom is -0.311 e. The quantitative estimate of drug-likeness (QED) is 0.130. The number of benzene rings is 8. The summed E-state index contributed by atoms with van der Waals surface area (Å²) in [5.41, 5.74) is 13.8. The van der Waals surface area contributed by atoms with E-state index in [0.717, 1.165) is 90.8 Å². The van der Waals surface area contributed by atoms with Crippen molar-refractivity contribution in [1.29, 1.82) is 0 Å². The molecule has 2 heterocycles. The Kier molecular flexibility index (Phi) is 11.9. The van der Waals surface area contributed by atoms with E-state index in [2.05, 4.69) is 284 Å². The van der Waals surface area contributed by atoms with Gasteiger partial charge in [0.2, 0.25) is 0 Å². The van der Waals surface area contributed by atoms with Crippen LogP contribution in [-0.4, -0.2) is 23.1 Å². The average Bonchev–Trinajstić information content (AvgIpc) is 3.67. The average molecular weight is 913 g/mol. The minimum absolute atomic E-state index is 0.257. The summed E-state index contributed by atoms with van der Waals surface area (Å²) in [7, 11) is 0. The molecule has 0 atom stereocenters. The third kappa shape index (κ3) is 8.38. The summed E-state index contributed by atoms with van der Waals surface area (Å²) in [5.74, 6) is 1.67. The Morgan fingerprint density at radius 1 is 0.271 bits per heavy atom. The highest BCUT2D eigenvalue weighted by atomic mass is 15.1. The lowest BCUT2D eigenvalue weighted by Crippen LogP contribution is -2.38. The summed E-state index contributed by atoms with van der Waals surface area (Å²) >= 11 is 0. The van der Waals surface area contributed by atoms with Gasteiger partial charge in [-0.3, -0.25) is 0 Å². The number of para-hydroxylation sites is 4. The number of nitrogens with zero attached hydrogens (tertiary/aromatic N) is 6. The first-order chi connectivity index (χ1) is 33.7. The molecule has 0 aromatic heterocycles. The lowest BCUT2D eigenvalue weighted by atomic mass is 9.65. The van der Waals surface area contributed by atoms with E-state index >= 15 is 0 Å². The zero-order valence-electron chi connectivity index (χ0n) is 41.5. The zero-order chi connectivity index (χ0) is 48.7. The lowest BCUT2D eigenvalue weighted by molar-refractivity contribution is 0.299.